The predicted octanol–water partition coefficient (Wildman–Crippen LogP) is 4.69. The summed E-state index contributed by atoms with van der Waals surface area (Å²) < 4.78 is 14.0. The van der Waals surface area contributed by atoms with Gasteiger partial charge in [0.15, 0.2) is 16.3 Å². The number of hydrogen-bond acceptors (Lipinski definition) is 4. The van der Waals surface area contributed by atoms with Crippen LogP contribution in [0.25, 0.3) is 0 Å². The van der Waals surface area contributed by atoms with Gasteiger partial charge in [-0.3, -0.25) is 9.67 Å². The quantitative estimate of drug-likeness (QED) is 0.574. The lowest BCUT2D eigenvalue weighted by atomic mass is 10.1. The van der Waals surface area contributed by atoms with Gasteiger partial charge in [-0.25, -0.2) is 0 Å². The van der Waals surface area contributed by atoms with Crippen LogP contribution in [0.4, 0.5) is 0 Å². The molecule has 0 bridgehead atoms. The molecule has 0 aliphatic heterocycles. The van der Waals surface area contributed by atoms with Crippen LogP contribution < -0.4 is 9.47 Å². The van der Waals surface area contributed by atoms with Crippen LogP contribution in [-0.2, 0) is 13.0 Å². The van der Waals surface area contributed by atoms with Crippen LogP contribution in [0, 0.1) is 11.7 Å². The molecular formula is C21H25N3O2S. The number of H-pyrrole nitrogens is 1. The lowest BCUT2D eigenvalue weighted by molar-refractivity contribution is 0.287. The van der Waals surface area contributed by atoms with E-state index in [0.29, 0.717) is 31.0 Å². The van der Waals surface area contributed by atoms with E-state index in [0.717, 1.165) is 22.9 Å². The van der Waals surface area contributed by atoms with Crippen LogP contribution >= 0.6 is 12.2 Å². The van der Waals surface area contributed by atoms with Gasteiger partial charge in [-0.1, -0.05) is 35.9 Å². The fourth-order valence-corrected chi connectivity index (χ4v) is 3.13. The van der Waals surface area contributed by atoms with Gasteiger partial charge in [-0.15, -0.1) is 0 Å². The highest BCUT2D eigenvalue weighted by Gasteiger charge is 2.11. The second-order valence-electron chi connectivity index (χ2n) is 6.34. The van der Waals surface area contributed by atoms with E-state index in [1.807, 2.05) is 36.6 Å². The van der Waals surface area contributed by atoms with Gasteiger partial charge in [0.1, 0.15) is 5.82 Å². The van der Waals surface area contributed by atoms with Gasteiger partial charge in [0.05, 0.1) is 19.8 Å². The Bertz CT molecular complexity index is 945. The van der Waals surface area contributed by atoms with Crippen LogP contribution in [-0.4, -0.2) is 28.0 Å². The van der Waals surface area contributed by atoms with Crippen molar-refractivity contribution in [2.45, 2.75) is 33.7 Å². The molecule has 1 aromatic heterocycles. The first-order chi connectivity index (χ1) is 13.1. The minimum atomic E-state index is 0.593. The molecule has 27 heavy (non-hydrogen) atoms. The minimum Gasteiger partial charge on any atom is -0.490 e. The van der Waals surface area contributed by atoms with Crippen molar-refractivity contribution in [2.24, 2.45) is 0 Å². The molecule has 3 rings (SSSR count). The number of aromatic nitrogens is 3. The van der Waals surface area contributed by atoms with Crippen molar-refractivity contribution >= 4 is 12.2 Å². The molecule has 0 aliphatic rings. The molecule has 2 aromatic carbocycles. The molecule has 5 nitrogen and oxygen atoms in total. The Balaban J connectivity index is 1.85. The third kappa shape index (κ3) is 4.77. The summed E-state index contributed by atoms with van der Waals surface area (Å²) >= 11 is 5.44. The normalized spacial score (nSPS) is 10.8. The molecule has 0 aliphatic carbocycles. The van der Waals surface area contributed by atoms with E-state index in [-0.39, 0.29) is 0 Å². The Morgan fingerprint density at radius 3 is 2.33 bits per heavy atom. The van der Waals surface area contributed by atoms with Crippen LogP contribution in [0.2, 0.25) is 0 Å². The molecule has 6 heteroatoms. The lowest BCUT2D eigenvalue weighted by Crippen LogP contribution is -2.07. The average molecular weight is 384 g/mol. The number of nitrogens with zero attached hydrogens (tertiary/aromatic N) is 2. The molecule has 0 radical (unpaired) electrons. The van der Waals surface area contributed by atoms with Crippen molar-refractivity contribution in [3.05, 3.63) is 69.8 Å². The van der Waals surface area contributed by atoms with Crippen LogP contribution in [0.1, 0.15) is 36.4 Å². The van der Waals surface area contributed by atoms with Crippen molar-refractivity contribution in [1.29, 1.82) is 0 Å². The Morgan fingerprint density at radius 1 is 0.963 bits per heavy atom. The van der Waals surface area contributed by atoms with E-state index in [1.165, 1.54) is 11.1 Å². The van der Waals surface area contributed by atoms with Gasteiger partial charge in [-0.05, 0) is 56.2 Å². The van der Waals surface area contributed by atoms with Crippen molar-refractivity contribution in [1.82, 2.24) is 14.8 Å². The Labute approximate surface area is 165 Å². The van der Waals surface area contributed by atoms with E-state index in [4.69, 9.17) is 21.7 Å². The van der Waals surface area contributed by atoms with E-state index < -0.39 is 0 Å². The molecule has 0 saturated carbocycles. The van der Waals surface area contributed by atoms with Crippen molar-refractivity contribution in [2.75, 3.05) is 13.2 Å². The molecule has 0 fully saturated rings. The largest absolute Gasteiger partial charge is 0.490 e. The molecule has 0 atom stereocenters. The summed E-state index contributed by atoms with van der Waals surface area (Å²) in [6.07, 6.45) is 0.658. The lowest BCUT2D eigenvalue weighted by Gasteiger charge is -2.13. The van der Waals surface area contributed by atoms with Crippen molar-refractivity contribution < 1.29 is 9.47 Å². The third-order valence-corrected chi connectivity index (χ3v) is 4.58. The summed E-state index contributed by atoms with van der Waals surface area (Å²) in [6, 6.07) is 14.5. The maximum absolute atomic E-state index is 5.73. The zero-order valence-electron chi connectivity index (χ0n) is 16.0. The zero-order chi connectivity index (χ0) is 19.2. The number of ether oxygens (including phenoxy) is 2. The average Bonchev–Trinajstić information content (AvgIpc) is 2.99. The van der Waals surface area contributed by atoms with Crippen LogP contribution in [0.15, 0.2) is 42.5 Å². The summed E-state index contributed by atoms with van der Waals surface area (Å²) in [4.78, 5) is 0. The topological polar surface area (TPSA) is 52.1 Å². The first-order valence-corrected chi connectivity index (χ1v) is 9.59. The van der Waals surface area contributed by atoms with Gasteiger partial charge in [0.25, 0.3) is 0 Å². The number of aromatic amines is 1. The smallest absolute Gasteiger partial charge is 0.195 e. The fraction of sp³-hybridized carbons (Fsp3) is 0.333. The highest BCUT2D eigenvalue weighted by Crippen LogP contribution is 2.29. The van der Waals surface area contributed by atoms with Gasteiger partial charge in [0, 0.05) is 6.42 Å². The van der Waals surface area contributed by atoms with Gasteiger partial charge >= 0.3 is 0 Å². The maximum Gasteiger partial charge on any atom is 0.195 e. The minimum absolute atomic E-state index is 0.593. The van der Waals surface area contributed by atoms with E-state index in [1.54, 1.807) is 0 Å². The summed E-state index contributed by atoms with van der Waals surface area (Å²) in [5.41, 5.74) is 3.54. The molecule has 0 unspecified atom stereocenters. The molecule has 1 heterocycles. The molecule has 3 aromatic rings. The highest BCUT2D eigenvalue weighted by molar-refractivity contribution is 7.71. The molecule has 0 amide bonds. The zero-order valence-corrected chi connectivity index (χ0v) is 16.8. The summed E-state index contributed by atoms with van der Waals surface area (Å²) in [7, 11) is 0. The van der Waals surface area contributed by atoms with E-state index in [2.05, 4.69) is 41.4 Å². The second kappa shape index (κ2) is 8.86. The van der Waals surface area contributed by atoms with Gasteiger partial charge < -0.3 is 9.47 Å². The first kappa shape index (κ1) is 19.2. The van der Waals surface area contributed by atoms with Crippen molar-refractivity contribution in [3.8, 4) is 11.5 Å². The predicted molar refractivity (Wildman–Crippen MR) is 109 cm³/mol. The standard InChI is InChI=1S/C21H25N3O2S/c1-4-25-18-11-10-17(12-19(18)26-5-2)13-20-22-23-21(27)24(20)14-16-8-6-15(3)7-9-16/h6-12H,4-5,13-14H2,1-3H3,(H,23,27). The number of nitrogens with one attached hydrogen (secondary N) is 1. The second-order valence-corrected chi connectivity index (χ2v) is 6.73. The molecule has 142 valence electrons. The summed E-state index contributed by atoms with van der Waals surface area (Å²) in [5.74, 6) is 2.42. The summed E-state index contributed by atoms with van der Waals surface area (Å²) in [5, 5.41) is 7.35. The molecule has 0 spiro atoms. The highest BCUT2D eigenvalue weighted by atomic mass is 32.1. The van der Waals surface area contributed by atoms with Gasteiger partial charge in [0.2, 0.25) is 0 Å². The molecule has 0 saturated heterocycles. The van der Waals surface area contributed by atoms with Crippen LogP contribution in [0.5, 0.6) is 11.5 Å². The monoisotopic (exact) mass is 383 g/mol. The summed E-state index contributed by atoms with van der Waals surface area (Å²) in [6.45, 7) is 7.91. The Hall–Kier alpha value is -2.60. The fourth-order valence-electron chi connectivity index (χ4n) is 2.91. The first-order valence-electron chi connectivity index (χ1n) is 9.18. The number of rotatable bonds is 8. The SMILES string of the molecule is CCOc1ccc(Cc2n[nH]c(=S)n2Cc2ccc(C)cc2)cc1OCC. The Morgan fingerprint density at radius 2 is 1.63 bits per heavy atom. The maximum atomic E-state index is 5.73. The van der Waals surface area contributed by atoms with Crippen LogP contribution in [0.3, 0.4) is 0 Å². The Kier molecular flexibility index (Phi) is 6.29. The number of benzene rings is 2. The third-order valence-electron chi connectivity index (χ3n) is 4.27. The van der Waals surface area contributed by atoms with E-state index >= 15 is 0 Å². The number of hydrogen-bond donors (Lipinski definition) is 1. The molecular weight excluding hydrogens is 358 g/mol. The van der Waals surface area contributed by atoms with E-state index in [9.17, 15) is 0 Å². The molecule has 1 N–H and O–H groups in total. The number of aryl methyl sites for hydroxylation is 1. The van der Waals surface area contributed by atoms with Gasteiger partial charge in [-0.2, -0.15) is 5.10 Å². The van der Waals surface area contributed by atoms with Crippen molar-refractivity contribution in [3.63, 3.8) is 0 Å².